The van der Waals surface area contributed by atoms with Crippen molar-refractivity contribution in [3.63, 3.8) is 0 Å². The van der Waals surface area contributed by atoms with Crippen LogP contribution >= 0.6 is 0 Å². The van der Waals surface area contributed by atoms with E-state index in [0.29, 0.717) is 13.2 Å². The molecule has 0 aliphatic heterocycles. The highest BCUT2D eigenvalue weighted by atomic mass is 32.2. The van der Waals surface area contributed by atoms with Crippen molar-refractivity contribution in [2.45, 2.75) is 13.8 Å². The third-order valence-corrected chi connectivity index (χ3v) is 0.332. The van der Waals surface area contributed by atoms with Crippen LogP contribution in [0, 0.1) is 0 Å². The topological polar surface area (TPSA) is 85.2 Å². The molecule has 0 aromatic carbocycles. The van der Waals surface area contributed by atoms with Crippen LogP contribution in [-0.2, 0) is 26.2 Å². The van der Waals surface area contributed by atoms with Crippen LogP contribution < -0.4 is 0 Å². The van der Waals surface area contributed by atoms with Crippen molar-refractivity contribution < 1.29 is 28.1 Å². The zero-order chi connectivity index (χ0) is 9.11. The lowest BCUT2D eigenvalue weighted by Gasteiger charge is -1.94. The van der Waals surface area contributed by atoms with Crippen molar-refractivity contribution >= 4 is 11.4 Å². The zero-order valence-corrected chi connectivity index (χ0v) is 7.17. The van der Waals surface area contributed by atoms with Crippen molar-refractivity contribution in [2.75, 3.05) is 13.2 Å². The molecule has 0 unspecified atom stereocenters. The predicted molar refractivity (Wildman–Crippen MR) is 37.7 cm³/mol. The summed E-state index contributed by atoms with van der Waals surface area (Å²) in [4.78, 5) is 8.70. The Balaban J connectivity index is 0. The smallest absolute Gasteiger partial charge is 0.284 e. The molecule has 0 atom stereocenters. The standard InChI is InChI=1S/C4H10O3.H2O3S/c1-3-5-7-6-4-2;1-4(2)3/h3-4H2,1-2H3;(H2,1,2,3). The Morgan fingerprint density at radius 1 is 1.18 bits per heavy atom. The summed E-state index contributed by atoms with van der Waals surface area (Å²) in [6.07, 6.45) is 0. The van der Waals surface area contributed by atoms with E-state index in [4.69, 9.17) is 13.3 Å². The zero-order valence-electron chi connectivity index (χ0n) is 6.35. The molecule has 70 valence electrons. The van der Waals surface area contributed by atoms with E-state index in [-0.39, 0.29) is 0 Å². The minimum Gasteiger partial charge on any atom is -0.284 e. The average molecular weight is 188 g/mol. The third kappa shape index (κ3) is 40.3. The Morgan fingerprint density at radius 2 is 1.45 bits per heavy atom. The largest absolute Gasteiger partial charge is 0.299 e. The summed E-state index contributed by atoms with van der Waals surface area (Å²) in [6, 6.07) is 0. The van der Waals surface area contributed by atoms with E-state index in [2.05, 4.69) is 14.8 Å². The van der Waals surface area contributed by atoms with Gasteiger partial charge in [-0.2, -0.15) is 4.21 Å². The molecular formula is C4H12O6S. The van der Waals surface area contributed by atoms with E-state index in [1.54, 1.807) is 0 Å². The highest BCUT2D eigenvalue weighted by Crippen LogP contribution is 1.77. The molecular weight excluding hydrogens is 176 g/mol. The van der Waals surface area contributed by atoms with Gasteiger partial charge in [0.05, 0.1) is 13.2 Å². The summed E-state index contributed by atoms with van der Waals surface area (Å²) in [5.41, 5.74) is 0. The molecule has 0 bridgehead atoms. The molecule has 0 aliphatic rings. The van der Waals surface area contributed by atoms with E-state index in [1.807, 2.05) is 13.8 Å². The summed E-state index contributed by atoms with van der Waals surface area (Å²) < 4.78 is 22.8. The van der Waals surface area contributed by atoms with Crippen molar-refractivity contribution in [3.05, 3.63) is 0 Å². The Labute approximate surface area is 67.4 Å². The van der Waals surface area contributed by atoms with E-state index in [0.717, 1.165) is 0 Å². The highest BCUT2D eigenvalue weighted by molar-refractivity contribution is 7.73. The monoisotopic (exact) mass is 188 g/mol. The molecule has 0 saturated heterocycles. The fourth-order valence-electron chi connectivity index (χ4n) is 0.130. The minimum atomic E-state index is -2.61. The van der Waals surface area contributed by atoms with Crippen LogP contribution in [0.25, 0.3) is 0 Å². The van der Waals surface area contributed by atoms with E-state index < -0.39 is 11.4 Å². The van der Waals surface area contributed by atoms with E-state index in [9.17, 15) is 0 Å². The Morgan fingerprint density at radius 3 is 1.64 bits per heavy atom. The fraction of sp³-hybridized carbons (Fsp3) is 1.00. The molecule has 7 heteroatoms. The van der Waals surface area contributed by atoms with Gasteiger partial charge in [-0.15, -0.1) is 0 Å². The first kappa shape index (κ1) is 13.5. The molecule has 0 aromatic rings. The second-order valence-electron chi connectivity index (χ2n) is 1.11. The first-order valence-corrected chi connectivity index (χ1v) is 3.92. The number of rotatable bonds is 4. The maximum absolute atomic E-state index is 8.67. The van der Waals surface area contributed by atoms with Gasteiger partial charge in [-0.25, -0.2) is 9.78 Å². The molecule has 2 N–H and O–H groups in total. The molecule has 0 spiro atoms. The Kier molecular flexibility index (Phi) is 15.5. The number of hydrogen-bond acceptors (Lipinski definition) is 4. The predicted octanol–water partition coefficient (Wildman–Crippen LogP) is 0.587. The van der Waals surface area contributed by atoms with Crippen molar-refractivity contribution in [2.24, 2.45) is 0 Å². The van der Waals surface area contributed by atoms with Gasteiger partial charge < -0.3 is 0 Å². The lowest BCUT2D eigenvalue weighted by molar-refractivity contribution is -0.509. The van der Waals surface area contributed by atoms with Gasteiger partial charge in [-0.1, -0.05) is 5.04 Å². The maximum atomic E-state index is 8.67. The van der Waals surface area contributed by atoms with Crippen LogP contribution in [0.15, 0.2) is 0 Å². The van der Waals surface area contributed by atoms with Crippen LogP contribution in [0.3, 0.4) is 0 Å². The Bertz CT molecular complexity index is 78.7. The summed E-state index contributed by atoms with van der Waals surface area (Å²) >= 11 is -2.61. The van der Waals surface area contributed by atoms with Crippen molar-refractivity contribution in [1.29, 1.82) is 0 Å². The molecule has 0 fully saturated rings. The summed E-state index contributed by atoms with van der Waals surface area (Å²) in [5.74, 6) is 0. The van der Waals surface area contributed by atoms with Gasteiger partial charge in [0.1, 0.15) is 0 Å². The van der Waals surface area contributed by atoms with Crippen LogP contribution in [0.2, 0.25) is 0 Å². The molecule has 0 aliphatic carbocycles. The maximum Gasteiger partial charge on any atom is 0.299 e. The highest BCUT2D eigenvalue weighted by Gasteiger charge is 1.77. The van der Waals surface area contributed by atoms with Gasteiger partial charge in [0.25, 0.3) is 11.4 Å². The molecule has 0 saturated carbocycles. The fourth-order valence-corrected chi connectivity index (χ4v) is 0.130. The minimum absolute atomic E-state index is 0.514. The van der Waals surface area contributed by atoms with Crippen molar-refractivity contribution in [3.8, 4) is 0 Å². The molecule has 0 aromatic heterocycles. The Hall–Kier alpha value is -0.0500. The van der Waals surface area contributed by atoms with Crippen molar-refractivity contribution in [1.82, 2.24) is 0 Å². The van der Waals surface area contributed by atoms with Crippen LogP contribution in [0.4, 0.5) is 0 Å². The van der Waals surface area contributed by atoms with Crippen LogP contribution in [0.5, 0.6) is 0 Å². The molecule has 0 rings (SSSR count). The van der Waals surface area contributed by atoms with Gasteiger partial charge in [-0.3, -0.25) is 9.11 Å². The van der Waals surface area contributed by atoms with Crippen LogP contribution in [0.1, 0.15) is 13.8 Å². The molecule has 0 amide bonds. The first-order valence-electron chi connectivity index (χ1n) is 2.86. The summed E-state index contributed by atoms with van der Waals surface area (Å²) in [5, 5.41) is 4.13. The average Bonchev–Trinajstić information content (AvgIpc) is 1.88. The second-order valence-corrected chi connectivity index (χ2v) is 1.57. The molecule has 11 heavy (non-hydrogen) atoms. The van der Waals surface area contributed by atoms with E-state index >= 15 is 0 Å². The number of hydrogen-bond donors (Lipinski definition) is 2. The van der Waals surface area contributed by atoms with Gasteiger partial charge in [0, 0.05) is 0 Å². The first-order chi connectivity index (χ1) is 5.15. The third-order valence-electron chi connectivity index (χ3n) is 0.332. The van der Waals surface area contributed by atoms with Gasteiger partial charge in [0.15, 0.2) is 0 Å². The van der Waals surface area contributed by atoms with Gasteiger partial charge >= 0.3 is 0 Å². The SMILES string of the molecule is CCOOOCC.O=S(O)O. The van der Waals surface area contributed by atoms with Gasteiger partial charge in [0.2, 0.25) is 0 Å². The quantitative estimate of drug-likeness (QED) is 0.290. The molecule has 0 radical (unpaired) electrons. The van der Waals surface area contributed by atoms with E-state index in [1.165, 1.54) is 0 Å². The normalized spacial score (nSPS) is 9.18. The lowest BCUT2D eigenvalue weighted by Crippen LogP contribution is -1.94. The second kappa shape index (κ2) is 12.6. The van der Waals surface area contributed by atoms with Crippen LogP contribution in [-0.4, -0.2) is 26.5 Å². The lowest BCUT2D eigenvalue weighted by atomic mass is 10.9. The summed E-state index contributed by atoms with van der Waals surface area (Å²) in [6.45, 7) is 4.66. The molecule has 6 nitrogen and oxygen atoms in total. The summed E-state index contributed by atoms with van der Waals surface area (Å²) in [7, 11) is 0. The molecule has 0 heterocycles. The van der Waals surface area contributed by atoms with Gasteiger partial charge in [-0.05, 0) is 13.8 Å².